The molecule has 0 unspecified atom stereocenters. The maximum atomic E-state index is 10.6. The second-order valence-corrected chi connectivity index (χ2v) is 4.24. The molecule has 0 fully saturated rings. The van der Waals surface area contributed by atoms with Gasteiger partial charge in [-0.05, 0) is 30.3 Å². The van der Waals surface area contributed by atoms with Crippen LogP contribution in [0.2, 0.25) is 10.0 Å². The summed E-state index contributed by atoms with van der Waals surface area (Å²) >= 11 is 11.7. The normalized spacial score (nSPS) is 10.5. The van der Waals surface area contributed by atoms with E-state index in [2.05, 4.69) is 10.3 Å². The standard InChI is InChI=1S/C10H8Cl2N4O/c1-5-9(15-17)10(13)16(14-5)6-2-3-7(11)8(12)4-6/h2-4H,13H2,1H3. The molecule has 1 heterocycles. The fraction of sp³-hybridized carbons (Fsp3) is 0.100. The van der Waals surface area contributed by atoms with Gasteiger partial charge in [-0.1, -0.05) is 23.2 Å². The predicted octanol–water partition coefficient (Wildman–Crippen LogP) is 3.47. The molecule has 0 aliphatic carbocycles. The van der Waals surface area contributed by atoms with Gasteiger partial charge in [0.2, 0.25) is 0 Å². The van der Waals surface area contributed by atoms with Crippen LogP contribution < -0.4 is 5.73 Å². The zero-order valence-corrected chi connectivity index (χ0v) is 10.3. The van der Waals surface area contributed by atoms with Crippen LogP contribution in [-0.4, -0.2) is 9.78 Å². The molecule has 2 N–H and O–H groups in total. The van der Waals surface area contributed by atoms with Crippen molar-refractivity contribution in [2.45, 2.75) is 6.92 Å². The summed E-state index contributed by atoms with van der Waals surface area (Å²) < 4.78 is 1.40. The van der Waals surface area contributed by atoms with Gasteiger partial charge in [-0.2, -0.15) is 5.10 Å². The molecule has 17 heavy (non-hydrogen) atoms. The van der Waals surface area contributed by atoms with Crippen LogP contribution >= 0.6 is 23.2 Å². The Balaban J connectivity index is 2.60. The molecule has 0 aliphatic heterocycles. The lowest BCUT2D eigenvalue weighted by Gasteiger charge is -2.04. The largest absolute Gasteiger partial charge is 0.382 e. The Bertz CT molecular complexity index is 594. The van der Waals surface area contributed by atoms with E-state index in [1.165, 1.54) is 4.68 Å². The SMILES string of the molecule is Cc1nn(-c2ccc(Cl)c(Cl)c2)c(N)c1N=O. The Morgan fingerprint density at radius 1 is 1.35 bits per heavy atom. The molecular formula is C10H8Cl2N4O. The average molecular weight is 271 g/mol. The number of nitrogens with two attached hydrogens (primary N) is 1. The number of nitroso groups, excluding NO2 is 1. The second kappa shape index (κ2) is 4.35. The molecule has 0 spiro atoms. The number of benzene rings is 1. The van der Waals surface area contributed by atoms with Gasteiger partial charge in [-0.15, -0.1) is 4.91 Å². The van der Waals surface area contributed by atoms with Crippen molar-refractivity contribution in [3.63, 3.8) is 0 Å². The van der Waals surface area contributed by atoms with Gasteiger partial charge in [-0.25, -0.2) is 4.68 Å². The molecule has 0 aliphatic rings. The van der Waals surface area contributed by atoms with E-state index in [-0.39, 0.29) is 11.5 Å². The molecule has 0 bridgehead atoms. The maximum Gasteiger partial charge on any atom is 0.172 e. The zero-order chi connectivity index (χ0) is 12.6. The van der Waals surface area contributed by atoms with Crippen LogP contribution in [0.1, 0.15) is 5.69 Å². The van der Waals surface area contributed by atoms with E-state index in [9.17, 15) is 4.91 Å². The van der Waals surface area contributed by atoms with Crippen LogP contribution in [0.15, 0.2) is 23.4 Å². The highest BCUT2D eigenvalue weighted by Crippen LogP contribution is 2.30. The third-order valence-electron chi connectivity index (χ3n) is 2.30. The van der Waals surface area contributed by atoms with Crippen LogP contribution in [0.5, 0.6) is 0 Å². The third-order valence-corrected chi connectivity index (χ3v) is 3.04. The lowest BCUT2D eigenvalue weighted by molar-refractivity contribution is 0.872. The van der Waals surface area contributed by atoms with E-state index >= 15 is 0 Å². The van der Waals surface area contributed by atoms with Crippen molar-refractivity contribution in [3.8, 4) is 5.69 Å². The Morgan fingerprint density at radius 3 is 2.59 bits per heavy atom. The average Bonchev–Trinajstić information content (AvgIpc) is 2.58. The molecule has 0 atom stereocenters. The summed E-state index contributed by atoms with van der Waals surface area (Å²) in [5.74, 6) is 0.177. The minimum Gasteiger partial charge on any atom is -0.382 e. The summed E-state index contributed by atoms with van der Waals surface area (Å²) in [5, 5.41) is 7.78. The van der Waals surface area contributed by atoms with Crippen LogP contribution in [0.4, 0.5) is 11.5 Å². The third kappa shape index (κ3) is 1.99. The molecule has 1 aromatic carbocycles. The first-order valence-electron chi connectivity index (χ1n) is 4.68. The zero-order valence-electron chi connectivity index (χ0n) is 8.82. The van der Waals surface area contributed by atoms with Crippen molar-refractivity contribution in [2.24, 2.45) is 5.18 Å². The molecule has 0 saturated carbocycles. The van der Waals surface area contributed by atoms with Gasteiger partial charge >= 0.3 is 0 Å². The number of rotatable bonds is 2. The first-order valence-corrected chi connectivity index (χ1v) is 5.44. The van der Waals surface area contributed by atoms with Gasteiger partial charge in [0.25, 0.3) is 0 Å². The molecule has 0 saturated heterocycles. The maximum absolute atomic E-state index is 10.6. The number of nitrogen functional groups attached to an aromatic ring is 1. The summed E-state index contributed by atoms with van der Waals surface area (Å²) in [7, 11) is 0. The lowest BCUT2D eigenvalue weighted by atomic mass is 10.3. The van der Waals surface area contributed by atoms with Crippen molar-refractivity contribution >= 4 is 34.7 Å². The fourth-order valence-corrected chi connectivity index (χ4v) is 1.76. The van der Waals surface area contributed by atoms with Gasteiger partial charge in [-0.3, -0.25) is 0 Å². The molecule has 7 heteroatoms. The number of hydrogen-bond acceptors (Lipinski definition) is 4. The minimum atomic E-state index is 0.135. The molecule has 5 nitrogen and oxygen atoms in total. The monoisotopic (exact) mass is 270 g/mol. The number of aromatic nitrogens is 2. The Labute approximate surface area is 107 Å². The number of aryl methyl sites for hydroxylation is 1. The highest BCUT2D eigenvalue weighted by molar-refractivity contribution is 6.42. The molecule has 88 valence electrons. The van der Waals surface area contributed by atoms with E-state index in [4.69, 9.17) is 28.9 Å². The van der Waals surface area contributed by atoms with Crippen molar-refractivity contribution in [3.05, 3.63) is 38.8 Å². The number of nitrogens with zero attached hydrogens (tertiary/aromatic N) is 3. The van der Waals surface area contributed by atoms with Crippen molar-refractivity contribution in [1.29, 1.82) is 0 Å². The summed E-state index contributed by atoms with van der Waals surface area (Å²) in [5.41, 5.74) is 6.98. The summed E-state index contributed by atoms with van der Waals surface area (Å²) in [6.45, 7) is 1.65. The van der Waals surface area contributed by atoms with Crippen molar-refractivity contribution in [2.75, 3.05) is 5.73 Å². The van der Waals surface area contributed by atoms with Gasteiger partial charge in [0, 0.05) is 0 Å². The molecule has 1 aromatic heterocycles. The first kappa shape index (κ1) is 11.9. The number of anilines is 1. The molecular weight excluding hydrogens is 263 g/mol. The van der Waals surface area contributed by atoms with Crippen LogP contribution in [0, 0.1) is 11.8 Å². The highest BCUT2D eigenvalue weighted by Gasteiger charge is 2.14. The Hall–Kier alpha value is -1.59. The lowest BCUT2D eigenvalue weighted by Crippen LogP contribution is -2.01. The Morgan fingerprint density at radius 2 is 2.06 bits per heavy atom. The van der Waals surface area contributed by atoms with Gasteiger partial charge in [0.1, 0.15) is 0 Å². The Kier molecular flexibility index (Phi) is 3.04. The highest BCUT2D eigenvalue weighted by atomic mass is 35.5. The quantitative estimate of drug-likeness (QED) is 0.850. The van der Waals surface area contributed by atoms with Crippen LogP contribution in [-0.2, 0) is 0 Å². The fourth-order valence-electron chi connectivity index (χ4n) is 1.46. The summed E-state index contributed by atoms with van der Waals surface area (Å²) in [6, 6.07) is 4.94. The van der Waals surface area contributed by atoms with E-state index in [1.807, 2.05) is 0 Å². The second-order valence-electron chi connectivity index (χ2n) is 3.42. The first-order chi connectivity index (χ1) is 8.04. The summed E-state index contributed by atoms with van der Waals surface area (Å²) in [6.07, 6.45) is 0. The van der Waals surface area contributed by atoms with Crippen LogP contribution in [0.3, 0.4) is 0 Å². The van der Waals surface area contributed by atoms with Gasteiger partial charge < -0.3 is 5.73 Å². The van der Waals surface area contributed by atoms with Crippen LogP contribution in [0.25, 0.3) is 5.69 Å². The smallest absolute Gasteiger partial charge is 0.172 e. The summed E-state index contributed by atoms with van der Waals surface area (Å²) in [4.78, 5) is 10.6. The van der Waals surface area contributed by atoms with E-state index < -0.39 is 0 Å². The number of halogens is 2. The molecule has 0 radical (unpaired) electrons. The van der Waals surface area contributed by atoms with Gasteiger partial charge in [0.05, 0.1) is 21.4 Å². The van der Waals surface area contributed by atoms with Gasteiger partial charge in [0.15, 0.2) is 11.5 Å². The predicted molar refractivity (Wildman–Crippen MR) is 68.2 cm³/mol. The topological polar surface area (TPSA) is 73.3 Å². The number of hydrogen-bond donors (Lipinski definition) is 1. The van der Waals surface area contributed by atoms with Crippen molar-refractivity contribution < 1.29 is 0 Å². The van der Waals surface area contributed by atoms with Crippen molar-refractivity contribution in [1.82, 2.24) is 9.78 Å². The molecule has 2 rings (SSSR count). The van der Waals surface area contributed by atoms with E-state index in [0.29, 0.717) is 21.4 Å². The molecule has 0 amide bonds. The van der Waals surface area contributed by atoms with E-state index in [1.54, 1.807) is 25.1 Å². The molecule has 2 aromatic rings. The van der Waals surface area contributed by atoms with E-state index in [0.717, 1.165) is 0 Å². The minimum absolute atomic E-state index is 0.135.